The van der Waals surface area contributed by atoms with Crippen LogP contribution in [-0.2, 0) is 11.2 Å². The van der Waals surface area contributed by atoms with E-state index in [1.165, 1.54) is 12.1 Å². The van der Waals surface area contributed by atoms with Crippen LogP contribution in [0.5, 0.6) is 0 Å². The quantitative estimate of drug-likeness (QED) is 0.855. The minimum atomic E-state index is -0.573. The Morgan fingerprint density at radius 3 is 2.89 bits per heavy atom. The van der Waals surface area contributed by atoms with E-state index >= 15 is 0 Å². The molecule has 5 heteroatoms. The summed E-state index contributed by atoms with van der Waals surface area (Å²) in [4.78, 5) is 11.1. The highest BCUT2D eigenvalue weighted by Gasteiger charge is 2.25. The molecule has 18 heavy (non-hydrogen) atoms. The number of carbonyl (C=O) groups is 1. The summed E-state index contributed by atoms with van der Waals surface area (Å²) in [7, 11) is 0. The standard InChI is InChI=1S/C13H16F2N2O/c14-10-2-1-9(11(15)7-10)5-8-3-4-17-12(6-8)13(16)18/h1-2,7-8,12,17H,3-6H2,(H2,16,18). The molecule has 0 saturated carbocycles. The number of hydrogen-bond acceptors (Lipinski definition) is 2. The van der Waals surface area contributed by atoms with Crippen molar-refractivity contribution in [3.8, 4) is 0 Å². The molecule has 1 amide bonds. The van der Waals surface area contributed by atoms with Crippen LogP contribution in [0.25, 0.3) is 0 Å². The second kappa shape index (κ2) is 5.44. The zero-order valence-corrected chi connectivity index (χ0v) is 9.96. The lowest BCUT2D eigenvalue weighted by atomic mass is 9.87. The first-order valence-electron chi connectivity index (χ1n) is 6.03. The first kappa shape index (κ1) is 13.0. The van der Waals surface area contributed by atoms with Gasteiger partial charge < -0.3 is 11.1 Å². The SMILES string of the molecule is NC(=O)C1CC(Cc2ccc(F)cc2F)CCN1. The van der Waals surface area contributed by atoms with Gasteiger partial charge in [-0.3, -0.25) is 4.79 Å². The van der Waals surface area contributed by atoms with Gasteiger partial charge in [0.1, 0.15) is 11.6 Å². The van der Waals surface area contributed by atoms with Gasteiger partial charge in [-0.1, -0.05) is 6.07 Å². The number of rotatable bonds is 3. The fourth-order valence-electron chi connectivity index (χ4n) is 2.40. The maximum absolute atomic E-state index is 13.5. The normalized spacial score (nSPS) is 23.9. The van der Waals surface area contributed by atoms with Gasteiger partial charge in [0.15, 0.2) is 0 Å². The average molecular weight is 254 g/mol. The van der Waals surface area contributed by atoms with Gasteiger partial charge in [0.05, 0.1) is 6.04 Å². The Hall–Kier alpha value is -1.49. The van der Waals surface area contributed by atoms with E-state index in [-0.39, 0.29) is 17.9 Å². The smallest absolute Gasteiger partial charge is 0.234 e. The molecule has 2 unspecified atom stereocenters. The van der Waals surface area contributed by atoms with Gasteiger partial charge in [-0.15, -0.1) is 0 Å². The van der Waals surface area contributed by atoms with Crippen molar-refractivity contribution in [2.45, 2.75) is 25.3 Å². The number of halogens is 2. The molecule has 1 heterocycles. The van der Waals surface area contributed by atoms with E-state index in [0.29, 0.717) is 24.9 Å². The predicted molar refractivity (Wildman–Crippen MR) is 63.8 cm³/mol. The lowest BCUT2D eigenvalue weighted by Gasteiger charge is -2.28. The van der Waals surface area contributed by atoms with Crippen LogP contribution in [0.15, 0.2) is 18.2 Å². The maximum Gasteiger partial charge on any atom is 0.234 e. The van der Waals surface area contributed by atoms with Crippen molar-refractivity contribution in [1.29, 1.82) is 0 Å². The molecule has 2 rings (SSSR count). The highest BCUT2D eigenvalue weighted by molar-refractivity contribution is 5.79. The molecule has 1 aliphatic rings. The molecule has 98 valence electrons. The molecule has 0 spiro atoms. The third-order valence-corrected chi connectivity index (χ3v) is 3.38. The molecule has 3 N–H and O–H groups in total. The van der Waals surface area contributed by atoms with Crippen LogP contribution < -0.4 is 11.1 Å². The van der Waals surface area contributed by atoms with E-state index in [4.69, 9.17) is 5.73 Å². The topological polar surface area (TPSA) is 55.1 Å². The van der Waals surface area contributed by atoms with Crippen molar-refractivity contribution >= 4 is 5.91 Å². The Morgan fingerprint density at radius 1 is 1.44 bits per heavy atom. The van der Waals surface area contributed by atoms with Crippen molar-refractivity contribution in [3.63, 3.8) is 0 Å². The van der Waals surface area contributed by atoms with Gasteiger partial charge in [-0.2, -0.15) is 0 Å². The van der Waals surface area contributed by atoms with Crippen LogP contribution in [0.4, 0.5) is 8.78 Å². The first-order valence-corrected chi connectivity index (χ1v) is 6.03. The van der Waals surface area contributed by atoms with Crippen LogP contribution in [-0.4, -0.2) is 18.5 Å². The Morgan fingerprint density at radius 2 is 2.22 bits per heavy atom. The molecule has 1 aromatic rings. The molecule has 1 aromatic carbocycles. The van der Waals surface area contributed by atoms with Crippen LogP contribution in [0.3, 0.4) is 0 Å². The van der Waals surface area contributed by atoms with E-state index in [1.807, 2.05) is 0 Å². The van der Waals surface area contributed by atoms with E-state index in [9.17, 15) is 13.6 Å². The highest BCUT2D eigenvalue weighted by Crippen LogP contribution is 2.22. The monoisotopic (exact) mass is 254 g/mol. The van der Waals surface area contributed by atoms with Gasteiger partial charge in [-0.05, 0) is 43.4 Å². The molecule has 1 aliphatic heterocycles. The number of primary amides is 1. The minimum Gasteiger partial charge on any atom is -0.368 e. The number of hydrogen-bond donors (Lipinski definition) is 2. The fourth-order valence-corrected chi connectivity index (χ4v) is 2.40. The van der Waals surface area contributed by atoms with E-state index in [0.717, 1.165) is 12.5 Å². The van der Waals surface area contributed by atoms with Crippen LogP contribution in [0.2, 0.25) is 0 Å². The Kier molecular flexibility index (Phi) is 3.91. The van der Waals surface area contributed by atoms with Gasteiger partial charge in [-0.25, -0.2) is 8.78 Å². The molecule has 0 aliphatic carbocycles. The summed E-state index contributed by atoms with van der Waals surface area (Å²) in [6, 6.07) is 3.27. The lowest BCUT2D eigenvalue weighted by Crippen LogP contribution is -2.47. The number of amides is 1. The number of nitrogens with two attached hydrogens (primary N) is 1. The Labute approximate surface area is 104 Å². The first-order chi connectivity index (χ1) is 8.56. The van der Waals surface area contributed by atoms with Gasteiger partial charge in [0, 0.05) is 6.07 Å². The highest BCUT2D eigenvalue weighted by atomic mass is 19.1. The molecule has 0 bridgehead atoms. The summed E-state index contributed by atoms with van der Waals surface area (Å²) < 4.78 is 26.3. The summed E-state index contributed by atoms with van der Waals surface area (Å²) in [5, 5.41) is 3.03. The summed E-state index contributed by atoms with van der Waals surface area (Å²) in [6.45, 7) is 0.696. The second-order valence-corrected chi connectivity index (χ2v) is 4.74. The van der Waals surface area contributed by atoms with Crippen molar-refractivity contribution in [2.75, 3.05) is 6.54 Å². The van der Waals surface area contributed by atoms with E-state index < -0.39 is 11.6 Å². The summed E-state index contributed by atoms with van der Waals surface area (Å²) in [6.07, 6.45) is 1.98. The van der Waals surface area contributed by atoms with Gasteiger partial charge >= 0.3 is 0 Å². The molecule has 1 saturated heterocycles. The zero-order valence-electron chi connectivity index (χ0n) is 9.96. The summed E-state index contributed by atoms with van der Waals surface area (Å²) in [5.74, 6) is -1.27. The van der Waals surface area contributed by atoms with Crippen molar-refractivity contribution < 1.29 is 13.6 Å². The molecule has 0 aromatic heterocycles. The zero-order chi connectivity index (χ0) is 13.1. The molecular weight excluding hydrogens is 238 g/mol. The predicted octanol–water partition coefficient (Wildman–Crippen LogP) is 1.36. The third kappa shape index (κ3) is 3.04. The van der Waals surface area contributed by atoms with Crippen LogP contribution in [0.1, 0.15) is 18.4 Å². The Balaban J connectivity index is 2.02. The van der Waals surface area contributed by atoms with Crippen LogP contribution in [0, 0.1) is 17.6 Å². The Bertz CT molecular complexity index is 451. The number of carbonyl (C=O) groups excluding carboxylic acids is 1. The molecular formula is C13H16F2N2O. The van der Waals surface area contributed by atoms with E-state index in [2.05, 4.69) is 5.32 Å². The lowest BCUT2D eigenvalue weighted by molar-refractivity contribution is -0.120. The largest absolute Gasteiger partial charge is 0.368 e. The molecule has 3 nitrogen and oxygen atoms in total. The maximum atomic E-state index is 13.5. The molecule has 1 fully saturated rings. The van der Waals surface area contributed by atoms with Crippen LogP contribution >= 0.6 is 0 Å². The van der Waals surface area contributed by atoms with Gasteiger partial charge in [0.25, 0.3) is 0 Å². The van der Waals surface area contributed by atoms with Crippen molar-refractivity contribution in [3.05, 3.63) is 35.4 Å². The third-order valence-electron chi connectivity index (χ3n) is 3.38. The number of benzene rings is 1. The van der Waals surface area contributed by atoms with Crippen molar-refractivity contribution in [1.82, 2.24) is 5.32 Å². The van der Waals surface area contributed by atoms with E-state index in [1.54, 1.807) is 0 Å². The fraction of sp³-hybridized carbons (Fsp3) is 0.462. The molecule has 2 atom stereocenters. The number of piperidine rings is 1. The second-order valence-electron chi connectivity index (χ2n) is 4.74. The summed E-state index contributed by atoms with van der Waals surface area (Å²) >= 11 is 0. The van der Waals surface area contributed by atoms with Crippen molar-refractivity contribution in [2.24, 2.45) is 11.7 Å². The summed E-state index contributed by atoms with van der Waals surface area (Å²) in [5.41, 5.74) is 5.74. The minimum absolute atomic E-state index is 0.198. The molecule has 0 radical (unpaired) electrons. The van der Waals surface area contributed by atoms with Gasteiger partial charge in [0.2, 0.25) is 5.91 Å². The number of nitrogens with one attached hydrogen (secondary N) is 1. The average Bonchev–Trinajstić information content (AvgIpc) is 2.33.